The topological polar surface area (TPSA) is 49.3 Å². The summed E-state index contributed by atoms with van der Waals surface area (Å²) in [7, 11) is 0. The van der Waals surface area contributed by atoms with Crippen molar-refractivity contribution in [2.75, 3.05) is 6.54 Å². The lowest BCUT2D eigenvalue weighted by molar-refractivity contribution is -0.136. The molecule has 0 saturated carbocycles. The van der Waals surface area contributed by atoms with Gasteiger partial charge in [0.2, 0.25) is 0 Å². The molecule has 1 unspecified atom stereocenters. The minimum atomic E-state index is -0.706. The molecule has 0 aromatic rings. The zero-order valence-electron chi connectivity index (χ0n) is 6.82. The van der Waals surface area contributed by atoms with Crippen LogP contribution in [0.3, 0.4) is 0 Å². The zero-order valence-corrected chi connectivity index (χ0v) is 8.45. The first kappa shape index (κ1) is 10.5. The maximum Gasteiger partial charge on any atom is 0.317 e. The molecule has 0 fully saturated rings. The molecule has 0 aromatic carbocycles. The predicted molar refractivity (Wildman–Crippen MR) is 55.0 cm³/mol. The fourth-order valence-electron chi connectivity index (χ4n) is 1.37. The molecule has 3 nitrogen and oxygen atoms in total. The van der Waals surface area contributed by atoms with E-state index in [0.717, 1.165) is 11.4 Å². The second-order valence-corrected chi connectivity index (χ2v) is 4.08. The van der Waals surface area contributed by atoms with E-state index in [1.807, 2.05) is 12.3 Å². The molecule has 0 amide bonds. The fraction of sp³-hybridized carbons (Fsp3) is 0.375. The van der Waals surface area contributed by atoms with E-state index in [2.05, 4.69) is 5.32 Å². The third-order valence-electron chi connectivity index (χ3n) is 1.99. The summed E-state index contributed by atoms with van der Waals surface area (Å²) in [6, 6.07) is 0. The van der Waals surface area contributed by atoms with E-state index in [1.54, 1.807) is 0 Å². The van der Waals surface area contributed by atoms with Gasteiger partial charge in [-0.05, 0) is 24.3 Å². The number of dihydropyridines is 1. The van der Waals surface area contributed by atoms with Gasteiger partial charge in [0.25, 0.3) is 0 Å². The normalized spacial score (nSPS) is 24.8. The molecule has 1 atom stereocenters. The van der Waals surface area contributed by atoms with Gasteiger partial charge in [-0.25, -0.2) is 0 Å². The van der Waals surface area contributed by atoms with Crippen molar-refractivity contribution in [2.45, 2.75) is 11.7 Å². The van der Waals surface area contributed by atoms with Crippen molar-refractivity contribution in [1.82, 2.24) is 5.32 Å². The maximum atomic E-state index is 10.7. The van der Waals surface area contributed by atoms with Crippen molar-refractivity contribution in [2.24, 2.45) is 0 Å². The lowest BCUT2D eigenvalue weighted by Gasteiger charge is -2.07. The number of nitrogens with one attached hydrogen (secondary N) is 1. The zero-order chi connectivity index (χ0) is 8.55. The molecule has 0 aliphatic carbocycles. The van der Waals surface area contributed by atoms with Crippen molar-refractivity contribution in [3.05, 3.63) is 22.8 Å². The smallest absolute Gasteiger partial charge is 0.317 e. The average molecular weight is 220 g/mol. The number of carboxylic acid groups (broad SMARTS) is 1. The predicted octanol–water partition coefficient (Wildman–Crippen LogP) is 1.37. The van der Waals surface area contributed by atoms with Gasteiger partial charge in [0.15, 0.2) is 0 Å². The summed E-state index contributed by atoms with van der Waals surface area (Å²) < 4.78 is 0. The Morgan fingerprint density at radius 3 is 3.08 bits per heavy atom. The van der Waals surface area contributed by atoms with Crippen LogP contribution in [0.4, 0.5) is 0 Å². The van der Waals surface area contributed by atoms with Gasteiger partial charge in [-0.2, -0.15) is 0 Å². The standard InChI is InChI=1S/C8H9NO2S.ClH/c10-8(11)7-3-5-4-9-2-1-6(5)12-7;/h1-2,7,9H,3-4H2,(H,10,11);1H. The molecule has 2 rings (SSSR count). The van der Waals surface area contributed by atoms with Crippen molar-refractivity contribution in [1.29, 1.82) is 0 Å². The molecule has 2 aliphatic heterocycles. The molecule has 72 valence electrons. The summed E-state index contributed by atoms with van der Waals surface area (Å²) in [5, 5.41) is 11.6. The molecule has 2 N–H and O–H groups in total. The highest BCUT2D eigenvalue weighted by atomic mass is 35.5. The minimum Gasteiger partial charge on any atom is -0.480 e. The molecule has 5 heteroatoms. The van der Waals surface area contributed by atoms with Crippen LogP contribution in [0.2, 0.25) is 0 Å². The van der Waals surface area contributed by atoms with E-state index < -0.39 is 5.97 Å². The summed E-state index contributed by atoms with van der Waals surface area (Å²) in [4.78, 5) is 11.8. The van der Waals surface area contributed by atoms with E-state index in [0.29, 0.717) is 6.42 Å². The number of carboxylic acids is 1. The van der Waals surface area contributed by atoms with Crippen LogP contribution < -0.4 is 5.32 Å². The third kappa shape index (κ3) is 2.00. The number of carbonyl (C=O) groups is 1. The van der Waals surface area contributed by atoms with Crippen molar-refractivity contribution >= 4 is 30.1 Å². The first-order valence-corrected chi connectivity index (χ1v) is 4.67. The second-order valence-electron chi connectivity index (χ2n) is 2.83. The van der Waals surface area contributed by atoms with Gasteiger partial charge in [0, 0.05) is 11.4 Å². The lowest BCUT2D eigenvalue weighted by Crippen LogP contribution is -2.16. The Bertz CT molecular complexity index is 288. The van der Waals surface area contributed by atoms with Crippen LogP contribution >= 0.6 is 24.2 Å². The Hall–Kier alpha value is -0.610. The number of hydrogen-bond donors (Lipinski definition) is 2. The van der Waals surface area contributed by atoms with Gasteiger partial charge in [0.1, 0.15) is 5.25 Å². The first-order valence-electron chi connectivity index (χ1n) is 3.79. The Labute approximate surface area is 86.7 Å². The maximum absolute atomic E-state index is 10.7. The van der Waals surface area contributed by atoms with Crippen molar-refractivity contribution in [3.8, 4) is 0 Å². The Morgan fingerprint density at radius 1 is 1.69 bits per heavy atom. The number of hydrogen-bond acceptors (Lipinski definition) is 3. The van der Waals surface area contributed by atoms with Gasteiger partial charge in [-0.1, -0.05) is 0 Å². The van der Waals surface area contributed by atoms with Gasteiger partial charge in [0.05, 0.1) is 0 Å². The van der Waals surface area contributed by atoms with Crippen LogP contribution in [-0.2, 0) is 4.79 Å². The Morgan fingerprint density at radius 2 is 2.46 bits per heavy atom. The first-order chi connectivity index (χ1) is 5.77. The van der Waals surface area contributed by atoms with E-state index in [-0.39, 0.29) is 17.7 Å². The molecular weight excluding hydrogens is 210 g/mol. The number of thioether (sulfide) groups is 1. The second kappa shape index (κ2) is 4.07. The average Bonchev–Trinajstić information content (AvgIpc) is 2.46. The summed E-state index contributed by atoms with van der Waals surface area (Å²) in [6.45, 7) is 0.808. The number of rotatable bonds is 1. The molecule has 0 bridgehead atoms. The number of allylic oxidation sites excluding steroid dienone is 1. The van der Waals surface area contributed by atoms with Crippen molar-refractivity contribution < 1.29 is 9.90 Å². The van der Waals surface area contributed by atoms with E-state index in [9.17, 15) is 4.79 Å². The SMILES string of the molecule is Cl.O=C(O)C1CC2=C(C=CNC2)S1. The molecule has 2 aliphatic rings. The number of aliphatic carboxylic acids is 1. The van der Waals surface area contributed by atoms with Gasteiger partial charge >= 0.3 is 5.97 Å². The highest BCUT2D eigenvalue weighted by Crippen LogP contribution is 2.39. The van der Waals surface area contributed by atoms with Gasteiger partial charge < -0.3 is 10.4 Å². The summed E-state index contributed by atoms with van der Waals surface area (Å²) in [5.41, 5.74) is 1.23. The molecule has 2 heterocycles. The monoisotopic (exact) mass is 219 g/mol. The van der Waals surface area contributed by atoms with E-state index >= 15 is 0 Å². The molecule has 0 saturated heterocycles. The largest absolute Gasteiger partial charge is 0.480 e. The van der Waals surface area contributed by atoms with Crippen molar-refractivity contribution in [3.63, 3.8) is 0 Å². The Kier molecular flexibility index (Phi) is 3.27. The van der Waals surface area contributed by atoms with Gasteiger partial charge in [-0.15, -0.1) is 24.2 Å². The van der Waals surface area contributed by atoms with Gasteiger partial charge in [-0.3, -0.25) is 4.79 Å². The molecular formula is C8H10ClNO2S. The van der Waals surface area contributed by atoms with Crippen LogP contribution in [0.15, 0.2) is 22.8 Å². The highest BCUT2D eigenvalue weighted by Gasteiger charge is 2.29. The lowest BCUT2D eigenvalue weighted by atomic mass is 10.1. The van der Waals surface area contributed by atoms with E-state index in [1.165, 1.54) is 17.3 Å². The van der Waals surface area contributed by atoms with E-state index in [4.69, 9.17) is 5.11 Å². The fourth-order valence-corrected chi connectivity index (χ4v) is 2.53. The minimum absolute atomic E-state index is 0. The molecule has 0 spiro atoms. The molecule has 0 aromatic heterocycles. The van der Waals surface area contributed by atoms with Crippen LogP contribution in [0.25, 0.3) is 0 Å². The quantitative estimate of drug-likeness (QED) is 0.700. The van der Waals surface area contributed by atoms with Crippen LogP contribution in [-0.4, -0.2) is 22.9 Å². The van der Waals surface area contributed by atoms with Crippen LogP contribution in [0.1, 0.15) is 6.42 Å². The third-order valence-corrected chi connectivity index (χ3v) is 3.32. The molecule has 0 radical (unpaired) electrons. The van der Waals surface area contributed by atoms with Crippen LogP contribution in [0, 0.1) is 0 Å². The summed E-state index contributed by atoms with van der Waals surface area (Å²) in [5.74, 6) is -0.706. The number of halogens is 1. The highest BCUT2D eigenvalue weighted by molar-refractivity contribution is 8.04. The summed E-state index contributed by atoms with van der Waals surface area (Å²) in [6.07, 6.45) is 4.51. The van der Waals surface area contributed by atoms with Crippen LogP contribution in [0.5, 0.6) is 0 Å². The Balaban J connectivity index is 0.000000845. The molecule has 13 heavy (non-hydrogen) atoms. The summed E-state index contributed by atoms with van der Waals surface area (Å²) >= 11 is 1.46.